The second kappa shape index (κ2) is 8.04. The van der Waals surface area contributed by atoms with Gasteiger partial charge >= 0.3 is 0 Å². The molecule has 0 saturated heterocycles. The third-order valence-electron chi connectivity index (χ3n) is 4.93. The van der Waals surface area contributed by atoms with Gasteiger partial charge in [-0.25, -0.2) is 4.98 Å². The first-order valence-corrected chi connectivity index (χ1v) is 10.0. The molecule has 25 heavy (non-hydrogen) atoms. The number of nitrogens with one attached hydrogen (secondary N) is 1. The SMILES string of the molecule is CCn1c(SCC(=O)N[C@H]2CCCC[C@@H]2C)nc2ccccc2c1=O. The molecule has 2 aromatic rings. The van der Waals surface area contributed by atoms with E-state index in [0.29, 0.717) is 28.5 Å². The minimum atomic E-state index is -0.0445. The largest absolute Gasteiger partial charge is 0.352 e. The van der Waals surface area contributed by atoms with Crippen molar-refractivity contribution in [3.63, 3.8) is 0 Å². The molecule has 2 atom stereocenters. The van der Waals surface area contributed by atoms with Crippen LogP contribution in [0.1, 0.15) is 39.5 Å². The van der Waals surface area contributed by atoms with E-state index < -0.39 is 0 Å². The van der Waals surface area contributed by atoms with Crippen LogP contribution in [-0.4, -0.2) is 27.3 Å². The Morgan fingerprint density at radius 2 is 2.08 bits per heavy atom. The number of thioether (sulfide) groups is 1. The summed E-state index contributed by atoms with van der Waals surface area (Å²) >= 11 is 1.34. The fourth-order valence-corrected chi connectivity index (χ4v) is 4.32. The summed E-state index contributed by atoms with van der Waals surface area (Å²) in [7, 11) is 0. The highest BCUT2D eigenvalue weighted by molar-refractivity contribution is 7.99. The van der Waals surface area contributed by atoms with E-state index in [1.807, 2.05) is 25.1 Å². The van der Waals surface area contributed by atoms with E-state index >= 15 is 0 Å². The third-order valence-corrected chi connectivity index (χ3v) is 5.91. The summed E-state index contributed by atoms with van der Waals surface area (Å²) in [6.07, 6.45) is 4.68. The first-order valence-electron chi connectivity index (χ1n) is 9.02. The standard InChI is InChI=1S/C19H25N3O2S/c1-3-22-18(24)14-9-5-7-11-16(14)21-19(22)25-12-17(23)20-15-10-6-4-8-13(15)2/h5,7,9,11,13,15H,3-4,6,8,10,12H2,1-2H3,(H,20,23)/t13-,15-/m0/s1. The van der Waals surface area contributed by atoms with E-state index in [1.54, 1.807) is 10.6 Å². The molecule has 0 radical (unpaired) electrons. The average molecular weight is 359 g/mol. The number of carbonyl (C=O) groups excluding carboxylic acids is 1. The van der Waals surface area contributed by atoms with Crippen molar-refractivity contribution >= 4 is 28.6 Å². The summed E-state index contributed by atoms with van der Waals surface area (Å²) < 4.78 is 1.64. The van der Waals surface area contributed by atoms with Crippen molar-refractivity contribution in [2.75, 3.05) is 5.75 Å². The van der Waals surface area contributed by atoms with E-state index in [0.717, 1.165) is 6.42 Å². The van der Waals surface area contributed by atoms with Gasteiger partial charge in [-0.3, -0.25) is 14.2 Å². The highest BCUT2D eigenvalue weighted by Gasteiger charge is 2.23. The molecule has 1 N–H and O–H groups in total. The zero-order valence-electron chi connectivity index (χ0n) is 14.8. The van der Waals surface area contributed by atoms with Gasteiger partial charge in [-0.1, -0.05) is 43.7 Å². The Labute approximate surface area is 152 Å². The molecule has 1 fully saturated rings. The molecule has 0 bridgehead atoms. The maximum Gasteiger partial charge on any atom is 0.262 e. The van der Waals surface area contributed by atoms with Crippen molar-refractivity contribution in [3.05, 3.63) is 34.6 Å². The number of aromatic nitrogens is 2. The molecule has 1 aliphatic carbocycles. The normalized spacial score (nSPS) is 20.6. The fraction of sp³-hybridized carbons (Fsp3) is 0.526. The zero-order chi connectivity index (χ0) is 17.8. The number of para-hydroxylation sites is 1. The number of fused-ring (bicyclic) bond motifs is 1. The van der Waals surface area contributed by atoms with Gasteiger partial charge in [0.2, 0.25) is 5.91 Å². The number of carbonyl (C=O) groups is 1. The van der Waals surface area contributed by atoms with Gasteiger partial charge in [-0.05, 0) is 37.8 Å². The van der Waals surface area contributed by atoms with Gasteiger partial charge < -0.3 is 5.32 Å². The molecule has 1 aromatic carbocycles. The summed E-state index contributed by atoms with van der Waals surface area (Å²) in [4.78, 5) is 29.5. The highest BCUT2D eigenvalue weighted by atomic mass is 32.2. The van der Waals surface area contributed by atoms with Crippen molar-refractivity contribution in [1.29, 1.82) is 0 Å². The molecule has 0 spiro atoms. The van der Waals surface area contributed by atoms with E-state index in [1.165, 1.54) is 31.0 Å². The maximum atomic E-state index is 12.6. The first-order chi connectivity index (χ1) is 12.1. The number of amides is 1. The van der Waals surface area contributed by atoms with E-state index in [4.69, 9.17) is 0 Å². The van der Waals surface area contributed by atoms with Crippen molar-refractivity contribution in [2.45, 2.75) is 57.3 Å². The average Bonchev–Trinajstić information content (AvgIpc) is 2.62. The van der Waals surface area contributed by atoms with Crippen LogP contribution in [0.5, 0.6) is 0 Å². The van der Waals surface area contributed by atoms with Crippen molar-refractivity contribution in [2.24, 2.45) is 5.92 Å². The summed E-state index contributed by atoms with van der Waals surface area (Å²) in [5, 5.41) is 4.38. The minimum Gasteiger partial charge on any atom is -0.352 e. The highest BCUT2D eigenvalue weighted by Crippen LogP contribution is 2.24. The lowest BCUT2D eigenvalue weighted by Gasteiger charge is -2.29. The third kappa shape index (κ3) is 4.06. The molecule has 1 saturated carbocycles. The monoisotopic (exact) mass is 359 g/mol. The zero-order valence-corrected chi connectivity index (χ0v) is 15.6. The van der Waals surface area contributed by atoms with Gasteiger partial charge in [0.1, 0.15) is 0 Å². The Kier molecular flexibility index (Phi) is 5.78. The molecule has 3 rings (SSSR count). The lowest BCUT2D eigenvalue weighted by Crippen LogP contribution is -2.41. The van der Waals surface area contributed by atoms with Crippen LogP contribution in [-0.2, 0) is 11.3 Å². The molecule has 1 amide bonds. The smallest absolute Gasteiger partial charge is 0.262 e. The summed E-state index contributed by atoms with van der Waals surface area (Å²) in [5.41, 5.74) is 0.637. The van der Waals surface area contributed by atoms with Crippen LogP contribution >= 0.6 is 11.8 Å². The Hall–Kier alpha value is -1.82. The topological polar surface area (TPSA) is 64.0 Å². The van der Waals surface area contributed by atoms with E-state index in [9.17, 15) is 9.59 Å². The molecule has 0 aliphatic heterocycles. The molecular weight excluding hydrogens is 334 g/mol. The quantitative estimate of drug-likeness (QED) is 0.658. The predicted octanol–water partition coefficient (Wildman–Crippen LogP) is 3.20. The van der Waals surface area contributed by atoms with Gasteiger partial charge in [0, 0.05) is 12.6 Å². The number of hydrogen-bond acceptors (Lipinski definition) is 4. The molecule has 1 aliphatic rings. The number of nitrogens with zero attached hydrogens (tertiary/aromatic N) is 2. The second-order valence-corrected chi connectivity index (χ2v) is 7.63. The fourth-order valence-electron chi connectivity index (χ4n) is 3.45. The lowest BCUT2D eigenvalue weighted by atomic mass is 9.86. The van der Waals surface area contributed by atoms with Gasteiger partial charge in [0.05, 0.1) is 16.7 Å². The first kappa shape index (κ1) is 18.0. The Bertz CT molecular complexity index is 818. The Balaban J connectivity index is 1.72. The van der Waals surface area contributed by atoms with Crippen molar-refractivity contribution < 1.29 is 4.79 Å². The number of benzene rings is 1. The van der Waals surface area contributed by atoms with Gasteiger partial charge in [-0.2, -0.15) is 0 Å². The molecule has 5 nitrogen and oxygen atoms in total. The van der Waals surface area contributed by atoms with Crippen LogP contribution < -0.4 is 10.9 Å². The molecule has 1 aromatic heterocycles. The molecule has 6 heteroatoms. The van der Waals surface area contributed by atoms with Crippen LogP contribution in [0.25, 0.3) is 10.9 Å². The van der Waals surface area contributed by atoms with Crippen LogP contribution in [0, 0.1) is 5.92 Å². The van der Waals surface area contributed by atoms with Crippen LogP contribution in [0.15, 0.2) is 34.2 Å². The molecule has 0 unspecified atom stereocenters. The number of hydrogen-bond donors (Lipinski definition) is 1. The summed E-state index contributed by atoms with van der Waals surface area (Å²) in [6.45, 7) is 4.67. The van der Waals surface area contributed by atoms with Crippen molar-refractivity contribution in [3.8, 4) is 0 Å². The van der Waals surface area contributed by atoms with Gasteiger partial charge in [-0.15, -0.1) is 0 Å². The lowest BCUT2D eigenvalue weighted by molar-refractivity contribution is -0.119. The van der Waals surface area contributed by atoms with Gasteiger partial charge in [0.25, 0.3) is 5.56 Å². The molecule has 134 valence electrons. The minimum absolute atomic E-state index is 0.0220. The summed E-state index contributed by atoms with van der Waals surface area (Å²) in [5.74, 6) is 0.845. The number of rotatable bonds is 5. The van der Waals surface area contributed by atoms with Crippen LogP contribution in [0.2, 0.25) is 0 Å². The maximum absolute atomic E-state index is 12.6. The second-order valence-electron chi connectivity index (χ2n) is 6.69. The van der Waals surface area contributed by atoms with E-state index in [-0.39, 0.29) is 23.3 Å². The summed E-state index contributed by atoms with van der Waals surface area (Å²) in [6, 6.07) is 7.63. The Morgan fingerprint density at radius 1 is 1.32 bits per heavy atom. The van der Waals surface area contributed by atoms with Crippen LogP contribution in [0.4, 0.5) is 0 Å². The molecule has 1 heterocycles. The molecular formula is C19H25N3O2S. The van der Waals surface area contributed by atoms with E-state index in [2.05, 4.69) is 17.2 Å². The van der Waals surface area contributed by atoms with Crippen LogP contribution in [0.3, 0.4) is 0 Å². The predicted molar refractivity (Wildman–Crippen MR) is 102 cm³/mol. The van der Waals surface area contributed by atoms with Gasteiger partial charge in [0.15, 0.2) is 5.16 Å². The van der Waals surface area contributed by atoms with Crippen molar-refractivity contribution in [1.82, 2.24) is 14.9 Å². The Morgan fingerprint density at radius 3 is 2.84 bits per heavy atom.